The summed E-state index contributed by atoms with van der Waals surface area (Å²) in [7, 11) is 2.20. The van der Waals surface area contributed by atoms with E-state index in [1.54, 1.807) is 0 Å². The SMILES string of the molecule is CC.CC.CC(C)CN1CCN(C)CC1. The highest BCUT2D eigenvalue weighted by Gasteiger charge is 2.13. The lowest BCUT2D eigenvalue weighted by atomic mass is 10.2. The molecule has 0 amide bonds. The number of nitrogens with zero attached hydrogens (tertiary/aromatic N) is 2. The van der Waals surface area contributed by atoms with Crippen LogP contribution in [0.2, 0.25) is 0 Å². The lowest BCUT2D eigenvalue weighted by Crippen LogP contribution is -2.45. The lowest BCUT2D eigenvalue weighted by Gasteiger charge is -2.33. The summed E-state index contributed by atoms with van der Waals surface area (Å²) in [5, 5.41) is 0. The molecule has 1 aliphatic heterocycles. The van der Waals surface area contributed by atoms with E-state index in [-0.39, 0.29) is 0 Å². The third kappa shape index (κ3) is 10.2. The van der Waals surface area contributed by atoms with Gasteiger partial charge in [-0.05, 0) is 13.0 Å². The molecule has 1 saturated heterocycles. The molecule has 1 rings (SSSR count). The van der Waals surface area contributed by atoms with Crippen molar-refractivity contribution in [3.05, 3.63) is 0 Å². The Balaban J connectivity index is 0. The molecule has 15 heavy (non-hydrogen) atoms. The van der Waals surface area contributed by atoms with Crippen LogP contribution in [0.25, 0.3) is 0 Å². The fraction of sp³-hybridized carbons (Fsp3) is 1.00. The highest BCUT2D eigenvalue weighted by Crippen LogP contribution is 2.02. The van der Waals surface area contributed by atoms with Gasteiger partial charge in [0.2, 0.25) is 0 Å². The molecule has 94 valence electrons. The van der Waals surface area contributed by atoms with Gasteiger partial charge in [-0.25, -0.2) is 0 Å². The number of rotatable bonds is 2. The van der Waals surface area contributed by atoms with Crippen LogP contribution in [0.1, 0.15) is 41.5 Å². The molecule has 1 heterocycles. The predicted octanol–water partition coefficient (Wildman–Crippen LogP) is 2.94. The summed E-state index contributed by atoms with van der Waals surface area (Å²) < 4.78 is 0. The topological polar surface area (TPSA) is 6.48 Å². The predicted molar refractivity (Wildman–Crippen MR) is 71.5 cm³/mol. The largest absolute Gasteiger partial charge is 0.304 e. The molecule has 0 aromatic carbocycles. The average molecular weight is 216 g/mol. The molecule has 0 spiro atoms. The van der Waals surface area contributed by atoms with E-state index in [9.17, 15) is 0 Å². The molecular formula is C13H32N2. The van der Waals surface area contributed by atoms with Gasteiger partial charge in [-0.15, -0.1) is 0 Å². The first kappa shape index (κ1) is 17.3. The number of piperazine rings is 1. The van der Waals surface area contributed by atoms with Gasteiger partial charge in [-0.3, -0.25) is 0 Å². The van der Waals surface area contributed by atoms with Crippen molar-refractivity contribution in [2.45, 2.75) is 41.5 Å². The quantitative estimate of drug-likeness (QED) is 0.700. The minimum absolute atomic E-state index is 0.818. The maximum absolute atomic E-state index is 2.56. The van der Waals surface area contributed by atoms with E-state index in [1.807, 2.05) is 27.7 Å². The third-order valence-electron chi connectivity index (χ3n) is 2.22. The van der Waals surface area contributed by atoms with Gasteiger partial charge in [0.25, 0.3) is 0 Å². The van der Waals surface area contributed by atoms with E-state index in [1.165, 1.54) is 32.7 Å². The minimum Gasteiger partial charge on any atom is -0.304 e. The monoisotopic (exact) mass is 216 g/mol. The van der Waals surface area contributed by atoms with Gasteiger partial charge in [0.1, 0.15) is 0 Å². The van der Waals surface area contributed by atoms with Crippen LogP contribution in [0.15, 0.2) is 0 Å². The molecule has 0 aliphatic carbocycles. The van der Waals surface area contributed by atoms with Crippen LogP contribution in [0.3, 0.4) is 0 Å². The Morgan fingerprint density at radius 1 is 0.867 bits per heavy atom. The van der Waals surface area contributed by atoms with Gasteiger partial charge in [0.05, 0.1) is 0 Å². The zero-order valence-corrected chi connectivity index (χ0v) is 12.0. The van der Waals surface area contributed by atoms with Gasteiger partial charge >= 0.3 is 0 Å². The molecule has 0 N–H and O–H groups in total. The number of likely N-dealkylation sites (N-methyl/N-ethyl adjacent to an activating group) is 1. The summed E-state index contributed by atoms with van der Waals surface area (Å²) in [6.07, 6.45) is 0. The van der Waals surface area contributed by atoms with Crippen molar-refractivity contribution < 1.29 is 0 Å². The van der Waals surface area contributed by atoms with Gasteiger partial charge < -0.3 is 9.80 Å². The highest BCUT2D eigenvalue weighted by atomic mass is 15.2. The maximum atomic E-state index is 2.56. The maximum Gasteiger partial charge on any atom is 0.0110 e. The molecule has 0 saturated carbocycles. The van der Waals surface area contributed by atoms with Gasteiger partial charge in [0, 0.05) is 32.7 Å². The van der Waals surface area contributed by atoms with E-state index in [4.69, 9.17) is 0 Å². The Bertz CT molecular complexity index is 105. The van der Waals surface area contributed by atoms with Gasteiger partial charge in [0.15, 0.2) is 0 Å². The second-order valence-corrected chi connectivity index (χ2v) is 4.00. The van der Waals surface area contributed by atoms with E-state index in [0.29, 0.717) is 0 Å². The van der Waals surface area contributed by atoms with Crippen molar-refractivity contribution in [2.24, 2.45) is 5.92 Å². The molecule has 2 nitrogen and oxygen atoms in total. The Hall–Kier alpha value is -0.0800. The van der Waals surface area contributed by atoms with E-state index >= 15 is 0 Å². The van der Waals surface area contributed by atoms with Crippen molar-refractivity contribution in [3.63, 3.8) is 0 Å². The lowest BCUT2D eigenvalue weighted by molar-refractivity contribution is 0.141. The first-order valence-corrected chi connectivity index (χ1v) is 6.59. The van der Waals surface area contributed by atoms with Crippen molar-refractivity contribution in [3.8, 4) is 0 Å². The average Bonchev–Trinajstić information content (AvgIpc) is 2.27. The summed E-state index contributed by atoms with van der Waals surface area (Å²) in [4.78, 5) is 4.96. The molecule has 0 unspecified atom stereocenters. The van der Waals surface area contributed by atoms with Crippen LogP contribution >= 0.6 is 0 Å². The summed E-state index contributed by atoms with van der Waals surface area (Å²) in [6.45, 7) is 18.9. The molecule has 0 atom stereocenters. The first-order valence-electron chi connectivity index (χ1n) is 6.59. The Morgan fingerprint density at radius 3 is 1.60 bits per heavy atom. The van der Waals surface area contributed by atoms with Crippen molar-refractivity contribution in [1.29, 1.82) is 0 Å². The summed E-state index contributed by atoms with van der Waals surface area (Å²) >= 11 is 0. The smallest absolute Gasteiger partial charge is 0.0110 e. The summed E-state index contributed by atoms with van der Waals surface area (Å²) in [6, 6.07) is 0. The number of hydrogen-bond donors (Lipinski definition) is 0. The molecule has 1 aliphatic rings. The summed E-state index contributed by atoms with van der Waals surface area (Å²) in [5.41, 5.74) is 0. The van der Waals surface area contributed by atoms with Crippen LogP contribution < -0.4 is 0 Å². The number of hydrogen-bond acceptors (Lipinski definition) is 2. The van der Waals surface area contributed by atoms with E-state index in [2.05, 4.69) is 30.7 Å². The third-order valence-corrected chi connectivity index (χ3v) is 2.22. The molecule has 0 aromatic rings. The second kappa shape index (κ2) is 12.0. The van der Waals surface area contributed by atoms with Gasteiger partial charge in [-0.1, -0.05) is 41.5 Å². The zero-order valence-electron chi connectivity index (χ0n) is 12.0. The standard InChI is InChI=1S/C9H20N2.2C2H6/c1-9(2)8-11-6-4-10(3)5-7-11;2*1-2/h9H,4-8H2,1-3H3;2*1-2H3. The van der Waals surface area contributed by atoms with Crippen molar-refractivity contribution >= 4 is 0 Å². The minimum atomic E-state index is 0.818. The molecule has 2 heteroatoms. The van der Waals surface area contributed by atoms with Crippen LogP contribution in [-0.4, -0.2) is 49.6 Å². The normalized spacial score (nSPS) is 17.6. The fourth-order valence-electron chi connectivity index (χ4n) is 1.55. The molecule has 0 bridgehead atoms. The Labute approximate surface area is 97.6 Å². The Kier molecular flexibility index (Phi) is 13.8. The first-order chi connectivity index (χ1) is 7.18. The highest BCUT2D eigenvalue weighted by molar-refractivity contribution is 4.69. The molecule has 1 fully saturated rings. The van der Waals surface area contributed by atoms with Crippen LogP contribution in [0.4, 0.5) is 0 Å². The summed E-state index contributed by atoms with van der Waals surface area (Å²) in [5.74, 6) is 0.818. The Morgan fingerprint density at radius 2 is 1.27 bits per heavy atom. The molecule has 0 aromatic heterocycles. The van der Waals surface area contributed by atoms with Crippen molar-refractivity contribution in [2.75, 3.05) is 39.8 Å². The fourth-order valence-corrected chi connectivity index (χ4v) is 1.55. The van der Waals surface area contributed by atoms with Crippen LogP contribution in [0.5, 0.6) is 0 Å². The second-order valence-electron chi connectivity index (χ2n) is 4.00. The molecule has 0 radical (unpaired) electrons. The van der Waals surface area contributed by atoms with E-state index < -0.39 is 0 Å². The van der Waals surface area contributed by atoms with Gasteiger partial charge in [-0.2, -0.15) is 0 Å². The van der Waals surface area contributed by atoms with Crippen LogP contribution in [0, 0.1) is 5.92 Å². The van der Waals surface area contributed by atoms with Crippen LogP contribution in [-0.2, 0) is 0 Å². The van der Waals surface area contributed by atoms with Crippen molar-refractivity contribution in [1.82, 2.24) is 9.80 Å². The zero-order chi connectivity index (χ0) is 12.3. The molecular weight excluding hydrogens is 184 g/mol. The van der Waals surface area contributed by atoms with E-state index in [0.717, 1.165) is 5.92 Å².